The second kappa shape index (κ2) is 10.4. The number of hydrogen-bond donors (Lipinski definition) is 0. The number of aryl methyl sites for hydroxylation is 1. The molecular formula is C20H33O3P. The van der Waals surface area contributed by atoms with Crippen LogP contribution in [0.3, 0.4) is 0 Å². The zero-order valence-corrected chi connectivity index (χ0v) is 16.4. The van der Waals surface area contributed by atoms with Crippen molar-refractivity contribution in [2.24, 2.45) is 5.41 Å². The summed E-state index contributed by atoms with van der Waals surface area (Å²) in [5.41, 5.74) is 1.35. The molecule has 1 fully saturated rings. The van der Waals surface area contributed by atoms with Gasteiger partial charge in [0.15, 0.2) is 0 Å². The predicted molar refractivity (Wildman–Crippen MR) is 101 cm³/mol. The zero-order chi connectivity index (χ0) is 17.3. The molecule has 0 N–H and O–H groups in total. The van der Waals surface area contributed by atoms with Crippen LogP contribution in [0.4, 0.5) is 0 Å². The molecule has 4 heteroatoms. The largest absolute Gasteiger partial charge is 0.426 e. The lowest BCUT2D eigenvalue weighted by Gasteiger charge is -2.32. The van der Waals surface area contributed by atoms with E-state index in [0.29, 0.717) is 13.2 Å². The van der Waals surface area contributed by atoms with Gasteiger partial charge in [0.25, 0.3) is 0 Å². The number of unbranched alkanes of at least 4 members (excludes halogenated alkanes) is 6. The Morgan fingerprint density at radius 3 is 2.29 bits per heavy atom. The summed E-state index contributed by atoms with van der Waals surface area (Å²) in [6, 6.07) is 8.30. The molecule has 136 valence electrons. The van der Waals surface area contributed by atoms with Gasteiger partial charge in [0.2, 0.25) is 0 Å². The fourth-order valence-corrected chi connectivity index (χ4v) is 4.17. The van der Waals surface area contributed by atoms with Crippen molar-refractivity contribution in [3.05, 3.63) is 29.8 Å². The average molecular weight is 352 g/mol. The van der Waals surface area contributed by atoms with Crippen molar-refractivity contribution < 1.29 is 13.6 Å². The molecule has 0 aliphatic carbocycles. The van der Waals surface area contributed by atoms with Crippen LogP contribution >= 0.6 is 8.60 Å². The maximum atomic E-state index is 6.01. The lowest BCUT2D eigenvalue weighted by Crippen LogP contribution is -2.29. The predicted octanol–water partition coefficient (Wildman–Crippen LogP) is 6.66. The van der Waals surface area contributed by atoms with E-state index in [1.165, 1.54) is 50.5 Å². The Kier molecular flexibility index (Phi) is 8.52. The molecule has 0 amide bonds. The van der Waals surface area contributed by atoms with Crippen LogP contribution in [0.2, 0.25) is 0 Å². The highest BCUT2D eigenvalue weighted by atomic mass is 31.2. The van der Waals surface area contributed by atoms with E-state index in [9.17, 15) is 0 Å². The Morgan fingerprint density at radius 2 is 1.58 bits per heavy atom. The van der Waals surface area contributed by atoms with Gasteiger partial charge in [-0.15, -0.1) is 0 Å². The van der Waals surface area contributed by atoms with Gasteiger partial charge in [0.05, 0.1) is 13.2 Å². The first-order valence-corrected chi connectivity index (χ1v) is 10.5. The molecule has 0 radical (unpaired) electrons. The minimum atomic E-state index is -1.25. The standard InChI is InChI=1S/C20H33O3P/c1-4-5-6-7-8-9-10-13-18-14-11-12-15-19(18)23-24-21-16-20(2,3)17-22-24/h11-12,14-15H,4-10,13,16-17H2,1-3H3. The minimum Gasteiger partial charge on any atom is -0.426 e. The van der Waals surface area contributed by atoms with E-state index < -0.39 is 8.60 Å². The molecule has 3 nitrogen and oxygen atoms in total. The molecule has 0 bridgehead atoms. The molecular weight excluding hydrogens is 319 g/mol. The average Bonchev–Trinajstić information content (AvgIpc) is 2.57. The molecule has 1 aliphatic heterocycles. The van der Waals surface area contributed by atoms with Gasteiger partial charge in [-0.2, -0.15) is 0 Å². The van der Waals surface area contributed by atoms with Gasteiger partial charge in [-0.05, 0) is 24.5 Å². The first-order chi connectivity index (χ1) is 11.6. The van der Waals surface area contributed by atoms with E-state index >= 15 is 0 Å². The van der Waals surface area contributed by atoms with Crippen molar-refractivity contribution >= 4 is 8.60 Å². The van der Waals surface area contributed by atoms with Crippen LogP contribution < -0.4 is 4.52 Å². The number of para-hydroxylation sites is 1. The molecule has 1 aliphatic rings. The third-order valence-electron chi connectivity index (χ3n) is 4.32. The maximum absolute atomic E-state index is 6.01. The van der Waals surface area contributed by atoms with E-state index in [-0.39, 0.29) is 5.41 Å². The highest BCUT2D eigenvalue weighted by molar-refractivity contribution is 7.42. The fourth-order valence-electron chi connectivity index (χ4n) is 2.74. The lowest BCUT2D eigenvalue weighted by atomic mass is 9.97. The molecule has 1 heterocycles. The van der Waals surface area contributed by atoms with E-state index in [4.69, 9.17) is 13.6 Å². The molecule has 0 spiro atoms. The normalized spacial score (nSPS) is 17.8. The monoisotopic (exact) mass is 352 g/mol. The van der Waals surface area contributed by atoms with E-state index in [1.807, 2.05) is 12.1 Å². The summed E-state index contributed by atoms with van der Waals surface area (Å²) in [5.74, 6) is 0.925. The van der Waals surface area contributed by atoms with Crippen LogP contribution in [0.1, 0.15) is 71.3 Å². The number of hydrogen-bond acceptors (Lipinski definition) is 3. The van der Waals surface area contributed by atoms with Crippen LogP contribution in [0.5, 0.6) is 5.75 Å². The minimum absolute atomic E-state index is 0.0828. The van der Waals surface area contributed by atoms with Gasteiger partial charge in [-0.3, -0.25) is 0 Å². The van der Waals surface area contributed by atoms with E-state index in [2.05, 4.69) is 32.9 Å². The third-order valence-corrected chi connectivity index (χ3v) is 5.34. The van der Waals surface area contributed by atoms with Crippen molar-refractivity contribution in [2.75, 3.05) is 13.2 Å². The Bertz CT molecular complexity index is 466. The van der Waals surface area contributed by atoms with Crippen molar-refractivity contribution in [1.82, 2.24) is 0 Å². The zero-order valence-electron chi connectivity index (χ0n) is 15.6. The molecule has 0 saturated carbocycles. The van der Waals surface area contributed by atoms with Gasteiger partial charge in [-0.25, -0.2) is 0 Å². The Labute approximate surface area is 149 Å². The Balaban J connectivity index is 1.74. The first-order valence-electron chi connectivity index (χ1n) is 9.42. The lowest BCUT2D eigenvalue weighted by molar-refractivity contribution is 0.0425. The summed E-state index contributed by atoms with van der Waals surface area (Å²) in [4.78, 5) is 0. The van der Waals surface area contributed by atoms with Crippen LogP contribution in [-0.4, -0.2) is 13.2 Å². The van der Waals surface area contributed by atoms with Crippen molar-refractivity contribution in [1.29, 1.82) is 0 Å². The second-order valence-corrected chi connectivity index (χ2v) is 8.65. The summed E-state index contributed by atoms with van der Waals surface area (Å²) in [5, 5.41) is 0. The van der Waals surface area contributed by atoms with Crippen LogP contribution in [0, 0.1) is 5.41 Å². The van der Waals surface area contributed by atoms with Crippen LogP contribution in [0.15, 0.2) is 24.3 Å². The van der Waals surface area contributed by atoms with Crippen molar-refractivity contribution in [3.63, 3.8) is 0 Å². The van der Waals surface area contributed by atoms with Gasteiger partial charge < -0.3 is 13.6 Å². The summed E-state index contributed by atoms with van der Waals surface area (Å²) >= 11 is 0. The molecule has 0 atom stereocenters. The van der Waals surface area contributed by atoms with Crippen LogP contribution in [-0.2, 0) is 15.5 Å². The highest BCUT2D eigenvalue weighted by Crippen LogP contribution is 2.47. The van der Waals surface area contributed by atoms with Gasteiger partial charge in [-0.1, -0.05) is 77.5 Å². The quantitative estimate of drug-likeness (QED) is 0.348. The van der Waals surface area contributed by atoms with Crippen LogP contribution in [0.25, 0.3) is 0 Å². The molecule has 24 heavy (non-hydrogen) atoms. The smallest absolute Gasteiger partial charge is 0.397 e. The molecule has 0 aromatic heterocycles. The molecule has 1 aromatic rings. The number of benzene rings is 1. The Morgan fingerprint density at radius 1 is 0.958 bits per heavy atom. The molecule has 1 aromatic carbocycles. The maximum Gasteiger partial charge on any atom is 0.397 e. The van der Waals surface area contributed by atoms with E-state index in [0.717, 1.165) is 12.2 Å². The summed E-state index contributed by atoms with van der Waals surface area (Å²) in [7, 11) is -1.25. The van der Waals surface area contributed by atoms with Gasteiger partial charge in [0.1, 0.15) is 5.75 Å². The van der Waals surface area contributed by atoms with Gasteiger partial charge in [0, 0.05) is 5.41 Å². The number of rotatable bonds is 10. The third kappa shape index (κ3) is 7.09. The topological polar surface area (TPSA) is 27.7 Å². The summed E-state index contributed by atoms with van der Waals surface area (Å²) in [6.45, 7) is 7.94. The van der Waals surface area contributed by atoms with E-state index in [1.54, 1.807) is 0 Å². The SMILES string of the molecule is CCCCCCCCCc1ccccc1OP1OCC(C)(C)CO1. The first kappa shape index (κ1) is 19.7. The Hall–Kier alpha value is -0.630. The molecule has 1 saturated heterocycles. The fraction of sp³-hybridized carbons (Fsp3) is 0.700. The van der Waals surface area contributed by atoms with Gasteiger partial charge >= 0.3 is 8.60 Å². The summed E-state index contributed by atoms with van der Waals surface area (Å²) in [6.07, 6.45) is 10.4. The molecule has 2 rings (SSSR count). The summed E-state index contributed by atoms with van der Waals surface area (Å²) < 4.78 is 17.5. The molecule has 0 unspecified atom stereocenters. The van der Waals surface area contributed by atoms with Crippen molar-refractivity contribution in [3.8, 4) is 5.75 Å². The van der Waals surface area contributed by atoms with Crippen molar-refractivity contribution in [2.45, 2.75) is 72.1 Å². The second-order valence-electron chi connectivity index (χ2n) is 7.51. The highest BCUT2D eigenvalue weighted by Gasteiger charge is 2.31.